The second kappa shape index (κ2) is 8.91. The maximum Gasteiger partial charge on any atom is 0.392 e. The van der Waals surface area contributed by atoms with E-state index in [1.54, 1.807) is 12.1 Å². The standard InChI is InChI=1S/C26H21N3O3/c30-26(32-27-17-19-9-3-1-4-10-19)24-16-15-23(31-24)25-21-13-7-8-14-22(21)29(28-25)18-20-11-5-2-6-12-20/h1-16,27H,17-18H2. The molecule has 0 bridgehead atoms. The lowest BCUT2D eigenvalue weighted by molar-refractivity contribution is 0.0202. The van der Waals surface area contributed by atoms with Crippen molar-refractivity contribution in [2.75, 3.05) is 0 Å². The summed E-state index contributed by atoms with van der Waals surface area (Å²) in [6.07, 6.45) is 0. The number of benzene rings is 3. The SMILES string of the molecule is O=C(ONCc1ccccc1)c1ccc(-c2nn(Cc3ccccc3)c3ccccc23)o1. The Morgan fingerprint density at radius 2 is 1.53 bits per heavy atom. The number of carbonyl (C=O) groups is 1. The van der Waals surface area contributed by atoms with Crippen molar-refractivity contribution in [3.05, 3.63) is 114 Å². The maximum absolute atomic E-state index is 12.4. The highest BCUT2D eigenvalue weighted by Crippen LogP contribution is 2.30. The molecule has 0 fully saturated rings. The van der Waals surface area contributed by atoms with Gasteiger partial charge in [0.05, 0.1) is 18.6 Å². The second-order valence-corrected chi connectivity index (χ2v) is 7.37. The van der Waals surface area contributed by atoms with Gasteiger partial charge in [0.1, 0.15) is 5.69 Å². The summed E-state index contributed by atoms with van der Waals surface area (Å²) in [5, 5.41) is 5.74. The lowest BCUT2D eigenvalue weighted by Gasteiger charge is -2.04. The van der Waals surface area contributed by atoms with Crippen LogP contribution in [-0.4, -0.2) is 15.7 Å². The molecule has 0 spiro atoms. The number of para-hydroxylation sites is 1. The van der Waals surface area contributed by atoms with Gasteiger partial charge in [0, 0.05) is 5.39 Å². The molecule has 0 aliphatic carbocycles. The normalized spacial score (nSPS) is 11.0. The summed E-state index contributed by atoms with van der Waals surface area (Å²) in [7, 11) is 0. The van der Waals surface area contributed by atoms with Gasteiger partial charge in [0.2, 0.25) is 5.76 Å². The zero-order chi connectivity index (χ0) is 21.8. The van der Waals surface area contributed by atoms with E-state index in [9.17, 15) is 4.79 Å². The van der Waals surface area contributed by atoms with Gasteiger partial charge >= 0.3 is 5.97 Å². The Morgan fingerprint density at radius 3 is 2.31 bits per heavy atom. The van der Waals surface area contributed by atoms with Gasteiger partial charge in [-0.1, -0.05) is 78.9 Å². The summed E-state index contributed by atoms with van der Waals surface area (Å²) in [6.45, 7) is 1.05. The summed E-state index contributed by atoms with van der Waals surface area (Å²) >= 11 is 0. The van der Waals surface area contributed by atoms with Gasteiger partial charge in [-0.25, -0.2) is 4.79 Å². The fourth-order valence-electron chi connectivity index (χ4n) is 3.59. The van der Waals surface area contributed by atoms with Crippen LogP contribution >= 0.6 is 0 Å². The highest BCUT2D eigenvalue weighted by atomic mass is 16.7. The third-order valence-electron chi connectivity index (χ3n) is 5.16. The van der Waals surface area contributed by atoms with Gasteiger partial charge in [-0.3, -0.25) is 4.68 Å². The monoisotopic (exact) mass is 423 g/mol. The summed E-state index contributed by atoms with van der Waals surface area (Å²) in [6, 6.07) is 31.2. The third-order valence-corrected chi connectivity index (χ3v) is 5.16. The van der Waals surface area contributed by atoms with E-state index in [0.29, 0.717) is 24.5 Å². The van der Waals surface area contributed by atoms with Crippen molar-refractivity contribution in [2.45, 2.75) is 13.1 Å². The first-order chi connectivity index (χ1) is 15.8. The van der Waals surface area contributed by atoms with Crippen LogP contribution in [0.2, 0.25) is 0 Å². The van der Waals surface area contributed by atoms with E-state index in [4.69, 9.17) is 14.4 Å². The molecule has 2 heterocycles. The summed E-state index contributed by atoms with van der Waals surface area (Å²) in [5.41, 5.74) is 6.53. The number of fused-ring (bicyclic) bond motifs is 1. The van der Waals surface area contributed by atoms with Gasteiger partial charge in [-0.15, -0.1) is 5.48 Å². The number of nitrogens with one attached hydrogen (secondary N) is 1. The number of hydrogen-bond donors (Lipinski definition) is 1. The average molecular weight is 423 g/mol. The van der Waals surface area contributed by atoms with Crippen LogP contribution in [0.4, 0.5) is 0 Å². The quantitative estimate of drug-likeness (QED) is 0.364. The predicted molar refractivity (Wildman–Crippen MR) is 122 cm³/mol. The van der Waals surface area contributed by atoms with E-state index in [-0.39, 0.29) is 5.76 Å². The number of carbonyl (C=O) groups excluding carboxylic acids is 1. The number of furan rings is 1. The molecule has 0 saturated carbocycles. The zero-order valence-corrected chi connectivity index (χ0v) is 17.3. The molecular weight excluding hydrogens is 402 g/mol. The van der Waals surface area contributed by atoms with Crippen molar-refractivity contribution in [1.29, 1.82) is 0 Å². The molecule has 3 aromatic carbocycles. The highest BCUT2D eigenvalue weighted by Gasteiger charge is 2.19. The van der Waals surface area contributed by atoms with Crippen LogP contribution < -0.4 is 5.48 Å². The van der Waals surface area contributed by atoms with Gasteiger partial charge in [0.15, 0.2) is 5.76 Å². The molecular formula is C26H21N3O3. The van der Waals surface area contributed by atoms with Crippen molar-refractivity contribution in [3.63, 3.8) is 0 Å². The Kier molecular flexibility index (Phi) is 5.51. The van der Waals surface area contributed by atoms with Crippen LogP contribution in [0.3, 0.4) is 0 Å². The minimum Gasteiger partial charge on any atom is -0.447 e. The number of hydroxylamine groups is 1. The Labute approximate surface area is 185 Å². The van der Waals surface area contributed by atoms with E-state index in [0.717, 1.165) is 22.0 Å². The van der Waals surface area contributed by atoms with Gasteiger partial charge in [-0.05, 0) is 29.3 Å². The molecule has 158 valence electrons. The Morgan fingerprint density at radius 1 is 0.844 bits per heavy atom. The minimum absolute atomic E-state index is 0.113. The number of aromatic nitrogens is 2. The fraction of sp³-hybridized carbons (Fsp3) is 0.0769. The molecule has 0 aliphatic heterocycles. The number of nitrogens with zero attached hydrogens (tertiary/aromatic N) is 2. The summed E-state index contributed by atoms with van der Waals surface area (Å²) in [5.74, 6) is 0.0467. The zero-order valence-electron chi connectivity index (χ0n) is 17.3. The van der Waals surface area contributed by atoms with E-state index in [1.807, 2.05) is 77.5 Å². The Hall–Kier alpha value is -4.16. The van der Waals surface area contributed by atoms with Crippen molar-refractivity contribution in [1.82, 2.24) is 15.3 Å². The molecule has 0 atom stereocenters. The molecule has 0 amide bonds. The topological polar surface area (TPSA) is 69.3 Å². The van der Waals surface area contributed by atoms with Gasteiger partial charge < -0.3 is 9.25 Å². The van der Waals surface area contributed by atoms with Crippen LogP contribution in [0.25, 0.3) is 22.4 Å². The summed E-state index contributed by atoms with van der Waals surface area (Å²) < 4.78 is 7.76. The largest absolute Gasteiger partial charge is 0.447 e. The van der Waals surface area contributed by atoms with E-state index >= 15 is 0 Å². The molecule has 0 saturated heterocycles. The van der Waals surface area contributed by atoms with Gasteiger partial charge in [-0.2, -0.15) is 5.10 Å². The van der Waals surface area contributed by atoms with E-state index in [2.05, 4.69) is 17.6 Å². The van der Waals surface area contributed by atoms with Crippen LogP contribution in [-0.2, 0) is 17.9 Å². The first-order valence-corrected chi connectivity index (χ1v) is 10.4. The summed E-state index contributed by atoms with van der Waals surface area (Å²) in [4.78, 5) is 17.5. The molecule has 0 aliphatic rings. The van der Waals surface area contributed by atoms with Crippen LogP contribution in [0, 0.1) is 0 Å². The van der Waals surface area contributed by atoms with Crippen molar-refractivity contribution < 1.29 is 14.0 Å². The van der Waals surface area contributed by atoms with E-state index in [1.165, 1.54) is 0 Å². The van der Waals surface area contributed by atoms with Crippen LogP contribution in [0.15, 0.2) is 101 Å². The maximum atomic E-state index is 12.4. The minimum atomic E-state index is -0.583. The molecule has 32 heavy (non-hydrogen) atoms. The molecule has 5 aromatic rings. The highest BCUT2D eigenvalue weighted by molar-refractivity contribution is 5.93. The Bertz CT molecular complexity index is 1340. The average Bonchev–Trinajstić information content (AvgIpc) is 3.46. The number of hydrogen-bond acceptors (Lipinski definition) is 5. The lowest BCUT2D eigenvalue weighted by Crippen LogP contribution is -2.19. The molecule has 0 radical (unpaired) electrons. The third kappa shape index (κ3) is 4.17. The smallest absolute Gasteiger partial charge is 0.392 e. The fourth-order valence-corrected chi connectivity index (χ4v) is 3.59. The Balaban J connectivity index is 1.35. The van der Waals surface area contributed by atoms with Crippen LogP contribution in [0.5, 0.6) is 0 Å². The second-order valence-electron chi connectivity index (χ2n) is 7.37. The van der Waals surface area contributed by atoms with Crippen LogP contribution in [0.1, 0.15) is 21.7 Å². The predicted octanol–water partition coefficient (Wildman–Crippen LogP) is 5.21. The van der Waals surface area contributed by atoms with Gasteiger partial charge in [0.25, 0.3) is 0 Å². The van der Waals surface area contributed by atoms with E-state index < -0.39 is 5.97 Å². The first kappa shape index (κ1) is 19.8. The van der Waals surface area contributed by atoms with Crippen molar-refractivity contribution >= 4 is 16.9 Å². The molecule has 2 aromatic heterocycles. The molecule has 1 N–H and O–H groups in total. The first-order valence-electron chi connectivity index (χ1n) is 10.4. The molecule has 6 nitrogen and oxygen atoms in total. The lowest BCUT2D eigenvalue weighted by atomic mass is 10.2. The molecule has 0 unspecified atom stereocenters. The van der Waals surface area contributed by atoms with Crippen molar-refractivity contribution in [3.8, 4) is 11.5 Å². The van der Waals surface area contributed by atoms with Crippen molar-refractivity contribution in [2.24, 2.45) is 0 Å². The molecule has 5 rings (SSSR count). The molecule has 6 heteroatoms. The number of rotatable bonds is 7.